The van der Waals surface area contributed by atoms with Gasteiger partial charge in [0, 0.05) is 43.6 Å². The lowest BCUT2D eigenvalue weighted by atomic mass is 9.99. The van der Waals surface area contributed by atoms with E-state index in [1.165, 1.54) is 12.8 Å². The van der Waals surface area contributed by atoms with Gasteiger partial charge in [-0.1, -0.05) is 42.4 Å². The molecule has 1 aliphatic heterocycles. The SMILES string of the molecule is CCN(CC)C(=O)c1cccc(CSc2nc(Cl)cc(N3CCC(C)CC3)n2)c1. The number of halogens is 1. The Morgan fingerprint density at radius 1 is 1.21 bits per heavy atom. The second-order valence-corrected chi connectivity index (χ2v) is 8.80. The second kappa shape index (κ2) is 10.3. The Morgan fingerprint density at radius 2 is 1.93 bits per heavy atom. The molecule has 0 spiro atoms. The quantitative estimate of drug-likeness (QED) is 0.344. The average molecular weight is 433 g/mol. The number of hydrogen-bond acceptors (Lipinski definition) is 5. The Kier molecular flexibility index (Phi) is 7.78. The van der Waals surface area contributed by atoms with Crippen molar-refractivity contribution in [3.05, 3.63) is 46.6 Å². The zero-order valence-corrected chi connectivity index (χ0v) is 19.0. The maximum Gasteiger partial charge on any atom is 0.253 e. The number of aromatic nitrogens is 2. The number of rotatable bonds is 7. The first-order chi connectivity index (χ1) is 14.0. The van der Waals surface area contributed by atoms with Crippen molar-refractivity contribution in [2.45, 2.75) is 44.5 Å². The monoisotopic (exact) mass is 432 g/mol. The molecule has 0 saturated carbocycles. The molecule has 0 unspecified atom stereocenters. The molecule has 5 nitrogen and oxygen atoms in total. The summed E-state index contributed by atoms with van der Waals surface area (Å²) in [6, 6.07) is 9.66. The fraction of sp³-hybridized carbons (Fsp3) is 0.500. The van der Waals surface area contributed by atoms with E-state index < -0.39 is 0 Å². The third kappa shape index (κ3) is 5.86. The highest BCUT2D eigenvalue weighted by Gasteiger charge is 2.18. The van der Waals surface area contributed by atoms with E-state index in [0.717, 1.165) is 36.0 Å². The lowest BCUT2D eigenvalue weighted by molar-refractivity contribution is 0.0773. The molecule has 0 bridgehead atoms. The molecular weight excluding hydrogens is 404 g/mol. The zero-order valence-electron chi connectivity index (χ0n) is 17.4. The van der Waals surface area contributed by atoms with Crippen LogP contribution in [0.3, 0.4) is 0 Å². The van der Waals surface area contributed by atoms with Crippen LogP contribution in [0.15, 0.2) is 35.5 Å². The van der Waals surface area contributed by atoms with Crippen LogP contribution >= 0.6 is 23.4 Å². The van der Waals surface area contributed by atoms with Gasteiger partial charge in [-0.25, -0.2) is 9.97 Å². The van der Waals surface area contributed by atoms with E-state index >= 15 is 0 Å². The minimum Gasteiger partial charge on any atom is -0.356 e. The molecule has 1 saturated heterocycles. The van der Waals surface area contributed by atoms with Crippen LogP contribution in [-0.4, -0.2) is 47.0 Å². The van der Waals surface area contributed by atoms with Crippen LogP contribution in [0.2, 0.25) is 5.15 Å². The Bertz CT molecular complexity index is 835. The smallest absolute Gasteiger partial charge is 0.253 e. The first-order valence-electron chi connectivity index (χ1n) is 10.3. The van der Waals surface area contributed by atoms with Crippen molar-refractivity contribution in [2.24, 2.45) is 5.92 Å². The molecule has 1 aromatic heterocycles. The Hall–Kier alpha value is -1.79. The van der Waals surface area contributed by atoms with Gasteiger partial charge in [-0.3, -0.25) is 4.79 Å². The summed E-state index contributed by atoms with van der Waals surface area (Å²) in [5, 5.41) is 1.15. The molecule has 156 valence electrons. The highest BCUT2D eigenvalue weighted by atomic mass is 35.5. The summed E-state index contributed by atoms with van der Waals surface area (Å²) in [6.07, 6.45) is 2.36. The Labute approximate surface area is 182 Å². The summed E-state index contributed by atoms with van der Waals surface area (Å²) in [5.74, 6) is 2.44. The predicted molar refractivity (Wildman–Crippen MR) is 121 cm³/mol. The van der Waals surface area contributed by atoms with E-state index in [2.05, 4.69) is 16.8 Å². The molecule has 29 heavy (non-hydrogen) atoms. The van der Waals surface area contributed by atoms with Gasteiger partial charge < -0.3 is 9.80 Å². The number of benzene rings is 1. The van der Waals surface area contributed by atoms with E-state index in [-0.39, 0.29) is 5.91 Å². The lowest BCUT2D eigenvalue weighted by Crippen LogP contribution is -2.33. The molecule has 7 heteroatoms. The number of carbonyl (C=O) groups is 1. The number of amides is 1. The van der Waals surface area contributed by atoms with Crippen LogP contribution in [0.5, 0.6) is 0 Å². The molecule has 1 aliphatic rings. The number of thioether (sulfide) groups is 1. The van der Waals surface area contributed by atoms with Crippen molar-refractivity contribution in [2.75, 3.05) is 31.1 Å². The number of carbonyl (C=O) groups excluding carboxylic acids is 1. The van der Waals surface area contributed by atoms with Crippen molar-refractivity contribution >= 4 is 35.1 Å². The van der Waals surface area contributed by atoms with E-state index in [1.54, 1.807) is 11.8 Å². The maximum atomic E-state index is 12.6. The minimum absolute atomic E-state index is 0.0717. The summed E-state index contributed by atoms with van der Waals surface area (Å²) in [5.41, 5.74) is 1.80. The molecule has 1 fully saturated rings. The average Bonchev–Trinajstić information content (AvgIpc) is 2.73. The third-order valence-electron chi connectivity index (χ3n) is 5.36. The highest BCUT2D eigenvalue weighted by molar-refractivity contribution is 7.98. The fourth-order valence-corrected chi connectivity index (χ4v) is 4.51. The van der Waals surface area contributed by atoms with Crippen LogP contribution < -0.4 is 4.90 Å². The molecule has 0 radical (unpaired) electrons. The Morgan fingerprint density at radius 3 is 2.62 bits per heavy atom. The highest BCUT2D eigenvalue weighted by Crippen LogP contribution is 2.27. The number of anilines is 1. The molecule has 2 heterocycles. The van der Waals surface area contributed by atoms with Gasteiger partial charge in [0.2, 0.25) is 0 Å². The van der Waals surface area contributed by atoms with Crippen molar-refractivity contribution in [1.29, 1.82) is 0 Å². The van der Waals surface area contributed by atoms with Gasteiger partial charge in [0.05, 0.1) is 0 Å². The molecular formula is C22H29ClN4OS. The van der Waals surface area contributed by atoms with Crippen LogP contribution in [0.4, 0.5) is 5.82 Å². The lowest BCUT2D eigenvalue weighted by Gasteiger charge is -2.31. The van der Waals surface area contributed by atoms with Crippen LogP contribution in [0, 0.1) is 5.92 Å². The molecule has 1 aromatic carbocycles. The number of hydrogen-bond donors (Lipinski definition) is 0. The van der Waals surface area contributed by atoms with E-state index in [1.807, 2.05) is 49.1 Å². The molecule has 1 amide bonds. The van der Waals surface area contributed by atoms with Gasteiger partial charge in [-0.05, 0) is 50.3 Å². The molecule has 0 atom stereocenters. The van der Waals surface area contributed by atoms with Gasteiger partial charge >= 0.3 is 0 Å². The van der Waals surface area contributed by atoms with Crippen molar-refractivity contribution < 1.29 is 4.79 Å². The number of piperidine rings is 1. The van der Waals surface area contributed by atoms with Crippen molar-refractivity contribution in [3.8, 4) is 0 Å². The third-order valence-corrected chi connectivity index (χ3v) is 6.47. The largest absolute Gasteiger partial charge is 0.356 e. The van der Waals surface area contributed by atoms with Gasteiger partial charge in [-0.15, -0.1) is 0 Å². The molecule has 0 aliphatic carbocycles. The van der Waals surface area contributed by atoms with E-state index in [4.69, 9.17) is 16.6 Å². The molecule has 0 N–H and O–H groups in total. The van der Waals surface area contributed by atoms with Crippen molar-refractivity contribution in [3.63, 3.8) is 0 Å². The first-order valence-corrected chi connectivity index (χ1v) is 11.7. The number of nitrogens with zero attached hydrogens (tertiary/aromatic N) is 4. The van der Waals surface area contributed by atoms with Crippen LogP contribution in [0.1, 0.15) is 49.5 Å². The minimum atomic E-state index is 0.0717. The van der Waals surface area contributed by atoms with E-state index in [9.17, 15) is 4.79 Å². The predicted octanol–water partition coefficient (Wildman–Crippen LogP) is 5.14. The fourth-order valence-electron chi connectivity index (χ4n) is 3.49. The van der Waals surface area contributed by atoms with Crippen molar-refractivity contribution in [1.82, 2.24) is 14.9 Å². The normalized spacial score (nSPS) is 14.8. The summed E-state index contributed by atoms with van der Waals surface area (Å²) >= 11 is 7.82. The second-order valence-electron chi connectivity index (χ2n) is 7.47. The van der Waals surface area contributed by atoms with Gasteiger partial charge in [0.15, 0.2) is 5.16 Å². The van der Waals surface area contributed by atoms with Crippen LogP contribution in [0.25, 0.3) is 0 Å². The molecule has 3 rings (SSSR count). The summed E-state index contributed by atoms with van der Waals surface area (Å²) < 4.78 is 0. The standard InChI is InChI=1S/C22H29ClN4OS/c1-4-26(5-2)21(28)18-8-6-7-17(13-18)15-29-22-24-19(23)14-20(25-22)27-11-9-16(3)10-12-27/h6-8,13-14,16H,4-5,9-12,15H2,1-3H3. The Balaban J connectivity index is 1.68. The van der Waals surface area contributed by atoms with Gasteiger partial charge in [-0.2, -0.15) is 0 Å². The molecule has 2 aromatic rings. The zero-order chi connectivity index (χ0) is 20.8. The summed E-state index contributed by atoms with van der Waals surface area (Å²) in [6.45, 7) is 9.73. The van der Waals surface area contributed by atoms with E-state index in [0.29, 0.717) is 29.2 Å². The van der Waals surface area contributed by atoms with Crippen LogP contribution in [-0.2, 0) is 5.75 Å². The van der Waals surface area contributed by atoms with Gasteiger partial charge in [0.1, 0.15) is 11.0 Å². The summed E-state index contributed by atoms with van der Waals surface area (Å²) in [7, 11) is 0. The van der Waals surface area contributed by atoms with Gasteiger partial charge in [0.25, 0.3) is 5.91 Å². The summed E-state index contributed by atoms with van der Waals surface area (Å²) in [4.78, 5) is 25.8. The first kappa shape index (κ1) is 21.9. The topological polar surface area (TPSA) is 49.3 Å². The maximum absolute atomic E-state index is 12.6.